The first-order valence-corrected chi connectivity index (χ1v) is 7.31. The van der Waals surface area contributed by atoms with Gasteiger partial charge in [-0.15, -0.1) is 0 Å². The van der Waals surface area contributed by atoms with Gasteiger partial charge in [0, 0.05) is 10.6 Å². The first kappa shape index (κ1) is 15.7. The predicted octanol–water partition coefficient (Wildman–Crippen LogP) is 3.20. The third-order valence-corrected chi connectivity index (χ3v) is 3.03. The van der Waals surface area contributed by atoms with Gasteiger partial charge in [-0.2, -0.15) is 5.10 Å². The molecular weight excluding hydrogens is 306 g/mol. The van der Waals surface area contributed by atoms with E-state index in [1.165, 1.54) is 0 Å². The largest absolute Gasteiger partial charge is 0.357 e. The van der Waals surface area contributed by atoms with Crippen LogP contribution in [-0.2, 0) is 0 Å². The molecule has 0 spiro atoms. The molecule has 0 aliphatic rings. The van der Waals surface area contributed by atoms with Crippen molar-refractivity contribution in [3.63, 3.8) is 0 Å². The maximum atomic E-state index is 5.96. The van der Waals surface area contributed by atoms with E-state index in [0.717, 1.165) is 11.0 Å². The lowest BCUT2D eigenvalue weighted by molar-refractivity contribution is 0.508. The predicted molar refractivity (Wildman–Crippen MR) is 91.9 cm³/mol. The maximum Gasteiger partial charge on any atom is 0.187 e. The molecule has 3 N–H and O–H groups in total. The van der Waals surface area contributed by atoms with Gasteiger partial charge in [0.1, 0.15) is 5.71 Å². The Bertz CT molecular complexity index is 699. The van der Waals surface area contributed by atoms with Gasteiger partial charge in [0.05, 0.1) is 11.0 Å². The average molecular weight is 324 g/mol. The van der Waals surface area contributed by atoms with Crippen LogP contribution in [0, 0.1) is 0 Å². The summed E-state index contributed by atoms with van der Waals surface area (Å²) in [6, 6.07) is 5.51. The SMILES string of the molecule is C/C(=N\NC(=S)NC(C)(C)C)c1nc2ccc(Cl)cc2[nH]1. The van der Waals surface area contributed by atoms with Crippen LogP contribution < -0.4 is 10.7 Å². The van der Waals surface area contributed by atoms with Crippen LogP contribution in [-0.4, -0.2) is 26.3 Å². The Morgan fingerprint density at radius 1 is 1.38 bits per heavy atom. The van der Waals surface area contributed by atoms with Gasteiger partial charge >= 0.3 is 0 Å². The number of H-pyrrole nitrogens is 1. The second-order valence-corrected chi connectivity index (χ2v) is 6.60. The normalized spacial score (nSPS) is 12.5. The molecule has 0 unspecified atom stereocenters. The smallest absolute Gasteiger partial charge is 0.187 e. The van der Waals surface area contributed by atoms with Crippen LogP contribution in [0.3, 0.4) is 0 Å². The van der Waals surface area contributed by atoms with Crippen LogP contribution in [0.25, 0.3) is 11.0 Å². The molecule has 1 heterocycles. The van der Waals surface area contributed by atoms with Crippen LogP contribution in [0.1, 0.15) is 33.5 Å². The second-order valence-electron chi connectivity index (χ2n) is 5.76. The van der Waals surface area contributed by atoms with Crippen molar-refractivity contribution in [3.05, 3.63) is 29.0 Å². The third kappa shape index (κ3) is 4.41. The Morgan fingerprint density at radius 3 is 2.76 bits per heavy atom. The number of hydrazone groups is 1. The van der Waals surface area contributed by atoms with Crippen LogP contribution in [0.2, 0.25) is 5.02 Å². The molecule has 0 atom stereocenters. The number of aromatic nitrogens is 2. The lowest BCUT2D eigenvalue weighted by atomic mass is 10.1. The van der Waals surface area contributed by atoms with E-state index < -0.39 is 0 Å². The van der Waals surface area contributed by atoms with E-state index in [0.29, 0.717) is 21.7 Å². The van der Waals surface area contributed by atoms with Crippen LogP contribution in [0.15, 0.2) is 23.3 Å². The molecule has 5 nitrogen and oxygen atoms in total. The molecule has 0 radical (unpaired) electrons. The summed E-state index contributed by atoms with van der Waals surface area (Å²) in [4.78, 5) is 7.64. The third-order valence-electron chi connectivity index (χ3n) is 2.60. The fourth-order valence-electron chi connectivity index (χ4n) is 1.71. The lowest BCUT2D eigenvalue weighted by Gasteiger charge is -2.21. The number of thiocarbonyl (C=S) groups is 1. The molecule has 0 fully saturated rings. The van der Waals surface area contributed by atoms with E-state index in [2.05, 4.69) is 25.8 Å². The molecule has 7 heteroatoms. The summed E-state index contributed by atoms with van der Waals surface area (Å²) in [6.07, 6.45) is 0. The number of hydrogen-bond donors (Lipinski definition) is 3. The van der Waals surface area contributed by atoms with Gasteiger partial charge in [-0.25, -0.2) is 4.98 Å². The summed E-state index contributed by atoms with van der Waals surface area (Å²) < 4.78 is 0. The van der Waals surface area contributed by atoms with E-state index >= 15 is 0 Å². The monoisotopic (exact) mass is 323 g/mol. The minimum Gasteiger partial charge on any atom is -0.357 e. The maximum absolute atomic E-state index is 5.96. The van der Waals surface area contributed by atoms with Crippen molar-refractivity contribution in [1.29, 1.82) is 0 Å². The van der Waals surface area contributed by atoms with Gasteiger partial charge in [-0.05, 0) is 58.1 Å². The molecule has 0 bridgehead atoms. The first-order valence-electron chi connectivity index (χ1n) is 6.53. The Hall–Kier alpha value is -1.66. The summed E-state index contributed by atoms with van der Waals surface area (Å²) in [5, 5.41) is 8.50. The highest BCUT2D eigenvalue weighted by atomic mass is 35.5. The van der Waals surface area contributed by atoms with Gasteiger partial charge in [-0.3, -0.25) is 5.43 Å². The summed E-state index contributed by atoms with van der Waals surface area (Å²) in [5.41, 5.74) is 5.14. The van der Waals surface area contributed by atoms with Gasteiger partial charge in [0.2, 0.25) is 0 Å². The van der Waals surface area contributed by atoms with E-state index in [-0.39, 0.29) is 5.54 Å². The quantitative estimate of drug-likeness (QED) is 0.451. The summed E-state index contributed by atoms with van der Waals surface area (Å²) in [7, 11) is 0. The molecular formula is C14H18ClN5S. The number of nitrogens with one attached hydrogen (secondary N) is 3. The number of halogens is 1. The number of hydrogen-bond acceptors (Lipinski definition) is 3. The fraction of sp³-hybridized carbons (Fsp3) is 0.357. The number of benzene rings is 1. The van der Waals surface area contributed by atoms with Gasteiger partial charge in [0.25, 0.3) is 0 Å². The Kier molecular flexibility index (Phi) is 4.49. The molecule has 2 rings (SSSR count). The lowest BCUT2D eigenvalue weighted by Crippen LogP contribution is -2.44. The average Bonchev–Trinajstić information content (AvgIpc) is 2.76. The Balaban J connectivity index is 2.12. The van der Waals surface area contributed by atoms with Crippen molar-refractivity contribution in [2.75, 3.05) is 0 Å². The molecule has 0 aliphatic carbocycles. The fourth-order valence-corrected chi connectivity index (χ4v) is 2.23. The highest BCUT2D eigenvalue weighted by Crippen LogP contribution is 2.17. The number of rotatable bonds is 2. The van der Waals surface area contributed by atoms with Crippen LogP contribution in [0.4, 0.5) is 0 Å². The summed E-state index contributed by atoms with van der Waals surface area (Å²) >= 11 is 11.1. The van der Waals surface area contributed by atoms with E-state index in [4.69, 9.17) is 23.8 Å². The second kappa shape index (κ2) is 5.99. The van der Waals surface area contributed by atoms with Crippen molar-refractivity contribution in [3.8, 4) is 0 Å². The number of nitrogens with zero attached hydrogens (tertiary/aromatic N) is 2. The molecule has 1 aromatic heterocycles. The van der Waals surface area contributed by atoms with Crippen molar-refractivity contribution in [2.45, 2.75) is 33.2 Å². The van der Waals surface area contributed by atoms with Crippen molar-refractivity contribution >= 4 is 45.7 Å². The number of fused-ring (bicyclic) bond motifs is 1. The highest BCUT2D eigenvalue weighted by molar-refractivity contribution is 7.80. The zero-order valence-corrected chi connectivity index (χ0v) is 14.0. The summed E-state index contributed by atoms with van der Waals surface area (Å²) in [5.74, 6) is 0.679. The minimum atomic E-state index is -0.108. The summed E-state index contributed by atoms with van der Waals surface area (Å²) in [6.45, 7) is 7.94. The molecule has 2 aromatic rings. The number of aromatic amines is 1. The minimum absolute atomic E-state index is 0.108. The van der Waals surface area contributed by atoms with E-state index in [1.54, 1.807) is 0 Å². The standard InChI is InChI=1S/C14H18ClN5S/c1-8(19-20-13(21)18-14(2,3)4)12-16-10-6-5-9(15)7-11(10)17-12/h5-7H,1-4H3,(H,16,17)(H2,18,20,21)/b19-8+. The van der Waals surface area contributed by atoms with Crippen molar-refractivity contribution < 1.29 is 0 Å². The van der Waals surface area contributed by atoms with Gasteiger partial charge in [-0.1, -0.05) is 11.6 Å². The van der Waals surface area contributed by atoms with Crippen LogP contribution >= 0.6 is 23.8 Å². The topological polar surface area (TPSA) is 65.1 Å². The van der Waals surface area contributed by atoms with Crippen LogP contribution in [0.5, 0.6) is 0 Å². The molecule has 21 heavy (non-hydrogen) atoms. The van der Waals surface area contributed by atoms with Crippen molar-refractivity contribution in [1.82, 2.24) is 20.7 Å². The van der Waals surface area contributed by atoms with E-state index in [9.17, 15) is 0 Å². The molecule has 0 amide bonds. The van der Waals surface area contributed by atoms with E-state index in [1.807, 2.05) is 45.9 Å². The Morgan fingerprint density at radius 2 is 2.10 bits per heavy atom. The molecule has 0 saturated carbocycles. The van der Waals surface area contributed by atoms with Gasteiger partial charge < -0.3 is 10.3 Å². The first-order chi connectivity index (χ1) is 9.74. The van der Waals surface area contributed by atoms with Gasteiger partial charge in [0.15, 0.2) is 10.9 Å². The number of imidazole rings is 1. The highest BCUT2D eigenvalue weighted by Gasteiger charge is 2.11. The zero-order valence-electron chi connectivity index (χ0n) is 12.4. The molecule has 1 aromatic carbocycles. The zero-order chi connectivity index (χ0) is 15.6. The van der Waals surface area contributed by atoms with Crippen molar-refractivity contribution in [2.24, 2.45) is 5.10 Å². The Labute approximate surface area is 134 Å². The molecule has 112 valence electrons. The molecule has 0 saturated heterocycles. The molecule has 0 aliphatic heterocycles.